The molecule has 4 bridgehead atoms. The summed E-state index contributed by atoms with van der Waals surface area (Å²) < 4.78 is 44.1. The van der Waals surface area contributed by atoms with Crippen molar-refractivity contribution in [1.82, 2.24) is 0 Å². The summed E-state index contributed by atoms with van der Waals surface area (Å²) in [4.78, 5) is 11.6. The predicted molar refractivity (Wildman–Crippen MR) is 95.3 cm³/mol. The minimum atomic E-state index is -2.94. The molecule has 0 N–H and O–H groups in total. The number of ether oxygens (including phenoxy) is 1. The number of rotatable bonds is 3. The van der Waals surface area contributed by atoms with Gasteiger partial charge in [0.2, 0.25) is 0 Å². The maximum Gasteiger partial charge on any atom is 0.319 e. The summed E-state index contributed by atoms with van der Waals surface area (Å²) in [5, 5.41) is 0.0884. The average Bonchev–Trinajstić information content (AvgIpc) is 2.52. The SMILES string of the molecule is C.O=C(N=S(=O)=O)c1cc(Cl)c(OC2C3CC4CC(C3)CC2C4)cc1F. The van der Waals surface area contributed by atoms with Crippen LogP contribution in [0.3, 0.4) is 0 Å². The molecule has 0 atom stereocenters. The lowest BCUT2D eigenvalue weighted by molar-refractivity contribution is -0.0790. The number of amides is 1. The van der Waals surface area contributed by atoms with Crippen molar-refractivity contribution in [2.45, 2.75) is 45.6 Å². The van der Waals surface area contributed by atoms with Crippen molar-refractivity contribution in [3.8, 4) is 5.75 Å². The van der Waals surface area contributed by atoms with Crippen LogP contribution in [0.4, 0.5) is 4.39 Å². The molecule has 8 heteroatoms. The van der Waals surface area contributed by atoms with E-state index >= 15 is 0 Å². The Hall–Kier alpha value is -1.47. The molecule has 26 heavy (non-hydrogen) atoms. The van der Waals surface area contributed by atoms with Crippen LogP contribution in [-0.2, 0) is 10.5 Å². The summed E-state index contributed by atoms with van der Waals surface area (Å²) in [5.74, 6) is 0.685. The number of nitrogens with zero attached hydrogens (tertiary/aromatic N) is 1. The predicted octanol–water partition coefficient (Wildman–Crippen LogP) is 4.52. The smallest absolute Gasteiger partial charge is 0.319 e. The number of halogens is 2. The van der Waals surface area contributed by atoms with Gasteiger partial charge in [0.15, 0.2) is 0 Å². The van der Waals surface area contributed by atoms with Gasteiger partial charge >= 0.3 is 10.5 Å². The third-order valence-electron chi connectivity index (χ3n) is 5.81. The number of carbonyl (C=O) groups is 1. The van der Waals surface area contributed by atoms with Gasteiger partial charge in [-0.05, 0) is 61.8 Å². The van der Waals surface area contributed by atoms with Crippen molar-refractivity contribution in [2.24, 2.45) is 28.0 Å². The molecule has 1 aromatic carbocycles. The number of hydrogen-bond donors (Lipinski definition) is 0. The lowest BCUT2D eigenvalue weighted by Crippen LogP contribution is -2.50. The Balaban J connectivity index is 0.00000196. The first-order valence-corrected chi connectivity index (χ1v) is 9.83. The number of benzene rings is 1. The molecule has 0 spiro atoms. The lowest BCUT2D eigenvalue weighted by Gasteiger charge is -2.53. The summed E-state index contributed by atoms with van der Waals surface area (Å²) in [5.41, 5.74) is -0.480. The minimum absolute atomic E-state index is 0. The zero-order valence-electron chi connectivity index (χ0n) is 13.3. The van der Waals surface area contributed by atoms with E-state index in [4.69, 9.17) is 16.3 Å². The normalized spacial score (nSPS) is 31.2. The van der Waals surface area contributed by atoms with E-state index in [1.807, 2.05) is 0 Å². The second kappa shape index (κ2) is 7.27. The van der Waals surface area contributed by atoms with Gasteiger partial charge in [-0.1, -0.05) is 23.4 Å². The van der Waals surface area contributed by atoms with Crippen molar-refractivity contribution in [2.75, 3.05) is 0 Å². The van der Waals surface area contributed by atoms with Crippen LogP contribution in [0, 0.1) is 29.5 Å². The monoisotopic (exact) mass is 401 g/mol. The van der Waals surface area contributed by atoms with Crippen LogP contribution >= 0.6 is 11.6 Å². The average molecular weight is 402 g/mol. The molecule has 1 amide bonds. The molecule has 4 aliphatic rings. The molecule has 0 unspecified atom stereocenters. The first kappa shape index (κ1) is 19.3. The molecule has 0 aliphatic heterocycles. The Bertz CT molecular complexity index is 834. The van der Waals surface area contributed by atoms with E-state index < -0.39 is 27.8 Å². The molecule has 1 aromatic rings. The van der Waals surface area contributed by atoms with Gasteiger partial charge in [-0.3, -0.25) is 4.79 Å². The van der Waals surface area contributed by atoms with E-state index in [0.29, 0.717) is 11.8 Å². The highest BCUT2D eigenvalue weighted by Gasteiger charge is 2.49. The first-order valence-electron chi connectivity index (χ1n) is 8.42. The molecule has 5 rings (SSSR count). The highest BCUT2D eigenvalue weighted by Crippen LogP contribution is 2.54. The van der Waals surface area contributed by atoms with Crippen molar-refractivity contribution in [3.63, 3.8) is 0 Å². The van der Waals surface area contributed by atoms with Crippen LogP contribution in [0.5, 0.6) is 5.75 Å². The van der Waals surface area contributed by atoms with Crippen molar-refractivity contribution in [3.05, 3.63) is 28.5 Å². The van der Waals surface area contributed by atoms with Crippen LogP contribution in [0.15, 0.2) is 16.5 Å². The Labute approximate surface area is 158 Å². The first-order chi connectivity index (χ1) is 11.9. The van der Waals surface area contributed by atoms with Gasteiger partial charge in [-0.2, -0.15) is 8.42 Å². The summed E-state index contributed by atoms with van der Waals surface area (Å²) in [6.45, 7) is 0. The van der Waals surface area contributed by atoms with Crippen molar-refractivity contribution >= 4 is 28.0 Å². The van der Waals surface area contributed by atoms with Gasteiger partial charge in [-0.15, -0.1) is 0 Å². The van der Waals surface area contributed by atoms with Crippen LogP contribution in [0.1, 0.15) is 49.9 Å². The van der Waals surface area contributed by atoms with E-state index in [0.717, 1.165) is 49.7 Å². The molecular weight excluding hydrogens is 381 g/mol. The van der Waals surface area contributed by atoms with Crippen molar-refractivity contribution in [1.29, 1.82) is 0 Å². The van der Waals surface area contributed by atoms with Crippen LogP contribution in [0.2, 0.25) is 5.02 Å². The van der Waals surface area contributed by atoms with Gasteiger partial charge < -0.3 is 4.74 Å². The summed E-state index contributed by atoms with van der Waals surface area (Å²) in [7, 11) is -2.94. The molecule has 0 heterocycles. The largest absolute Gasteiger partial charge is 0.488 e. The van der Waals surface area contributed by atoms with Crippen LogP contribution < -0.4 is 4.74 Å². The zero-order chi connectivity index (χ0) is 17.7. The fourth-order valence-corrected chi connectivity index (χ4v) is 5.56. The topological polar surface area (TPSA) is 72.8 Å². The highest BCUT2D eigenvalue weighted by molar-refractivity contribution is 7.62. The lowest BCUT2D eigenvalue weighted by atomic mass is 9.55. The number of carbonyl (C=O) groups excluding carboxylic acids is 1. The van der Waals surface area contributed by atoms with E-state index in [2.05, 4.69) is 4.36 Å². The molecule has 5 nitrogen and oxygen atoms in total. The Morgan fingerprint density at radius 3 is 2.23 bits per heavy atom. The number of hydrogen-bond acceptors (Lipinski definition) is 4. The molecule has 4 aliphatic carbocycles. The van der Waals surface area contributed by atoms with Gasteiger partial charge in [0.1, 0.15) is 17.7 Å². The molecular formula is C18H21ClFNO4S. The third-order valence-corrected chi connectivity index (χ3v) is 6.42. The second-order valence-electron chi connectivity index (χ2n) is 7.39. The van der Waals surface area contributed by atoms with E-state index in [-0.39, 0.29) is 24.3 Å². The van der Waals surface area contributed by atoms with Gasteiger partial charge in [0.05, 0.1) is 10.6 Å². The van der Waals surface area contributed by atoms with Crippen molar-refractivity contribution < 1.29 is 22.3 Å². The van der Waals surface area contributed by atoms with Gasteiger partial charge in [-0.25, -0.2) is 4.39 Å². The highest BCUT2D eigenvalue weighted by atomic mass is 35.5. The second-order valence-corrected chi connectivity index (χ2v) is 8.41. The maximum atomic E-state index is 14.2. The van der Waals surface area contributed by atoms with E-state index in [1.54, 1.807) is 0 Å². The standard InChI is InChI=1S/C17H17ClFNO4S.CH4/c18-13-6-12(17(21)20-25(22)23)14(19)7-15(13)24-16-10-2-8-1-9(4-10)5-11(16)3-8;/h6-11,16H,1-5H2;1H4. The zero-order valence-corrected chi connectivity index (χ0v) is 14.9. The minimum Gasteiger partial charge on any atom is -0.488 e. The fourth-order valence-electron chi connectivity index (χ4n) is 5.11. The van der Waals surface area contributed by atoms with E-state index in [1.165, 1.54) is 6.42 Å². The molecule has 4 fully saturated rings. The van der Waals surface area contributed by atoms with E-state index in [9.17, 15) is 17.6 Å². The third kappa shape index (κ3) is 3.51. The maximum absolute atomic E-state index is 14.2. The molecule has 0 radical (unpaired) electrons. The summed E-state index contributed by atoms with van der Waals surface area (Å²) >= 11 is 6.16. The molecule has 0 aromatic heterocycles. The van der Waals surface area contributed by atoms with Gasteiger partial charge in [0, 0.05) is 6.07 Å². The Morgan fingerprint density at radius 2 is 1.69 bits per heavy atom. The Morgan fingerprint density at radius 1 is 1.12 bits per heavy atom. The fraction of sp³-hybridized carbons (Fsp3) is 0.611. The quantitative estimate of drug-likeness (QED) is 0.746. The summed E-state index contributed by atoms with van der Waals surface area (Å²) in [6, 6.07) is 2.14. The van der Waals surface area contributed by atoms with Gasteiger partial charge in [0.25, 0.3) is 5.91 Å². The van der Waals surface area contributed by atoms with Crippen LogP contribution in [-0.4, -0.2) is 20.4 Å². The Kier molecular flexibility index (Phi) is 5.40. The summed E-state index contributed by atoms with van der Waals surface area (Å²) in [6.07, 6.45) is 5.98. The van der Waals surface area contributed by atoms with Crippen LogP contribution in [0.25, 0.3) is 0 Å². The molecule has 0 saturated heterocycles. The molecule has 4 saturated carbocycles. The molecule has 142 valence electrons.